The number of amides is 1. The molecule has 3 rings (SSSR count). The number of nitrogens with one attached hydrogen (secondary N) is 2. The number of sulfonamides is 1. The molecule has 3 aromatic rings. The Morgan fingerprint density at radius 1 is 1.26 bits per heavy atom. The normalized spacial score (nSPS) is 11.5. The Bertz CT molecular complexity index is 1220. The molecule has 10 heteroatoms. The number of carbonyl (C=O) groups is 1. The first-order valence-corrected chi connectivity index (χ1v) is 11.2. The number of nitrogens with zero attached hydrogens (tertiary/aromatic N) is 3. The van der Waals surface area contributed by atoms with Crippen molar-refractivity contribution in [1.82, 2.24) is 19.5 Å². The number of aromatic nitrogens is 3. The molecule has 2 heterocycles. The number of rotatable bonds is 9. The maximum Gasteiger partial charge on any atom is 0.262 e. The molecule has 2 aromatic heterocycles. The standard InChI is InChI=1S/C21H25N5O4S/c1-5-10-22-31(28,29)13-16-6-8-17(9-7-16)24-18(27)12-30-21-19-14(2)11-15(3)23-20(19)26(4)25-21/h5-9,11,22H,1,10,12-13H2,2-4H3,(H,24,27). The van der Waals surface area contributed by atoms with Crippen molar-refractivity contribution in [3.63, 3.8) is 0 Å². The summed E-state index contributed by atoms with van der Waals surface area (Å²) in [6.07, 6.45) is 1.48. The van der Waals surface area contributed by atoms with Crippen molar-refractivity contribution in [2.75, 3.05) is 18.5 Å². The van der Waals surface area contributed by atoms with Crippen LogP contribution in [0.2, 0.25) is 0 Å². The van der Waals surface area contributed by atoms with Gasteiger partial charge in [-0.05, 0) is 43.2 Å². The van der Waals surface area contributed by atoms with E-state index in [1.807, 2.05) is 19.9 Å². The van der Waals surface area contributed by atoms with Crippen molar-refractivity contribution in [3.05, 3.63) is 59.8 Å². The Kier molecular flexibility index (Phi) is 6.71. The first kappa shape index (κ1) is 22.4. The maximum atomic E-state index is 12.3. The molecule has 0 spiro atoms. The summed E-state index contributed by atoms with van der Waals surface area (Å²) in [6.45, 7) is 7.29. The van der Waals surface area contributed by atoms with Gasteiger partial charge in [0.15, 0.2) is 12.3 Å². The molecule has 0 aliphatic rings. The van der Waals surface area contributed by atoms with Gasteiger partial charge in [0.1, 0.15) is 0 Å². The van der Waals surface area contributed by atoms with Gasteiger partial charge in [0.2, 0.25) is 15.9 Å². The van der Waals surface area contributed by atoms with E-state index in [4.69, 9.17) is 4.74 Å². The quantitative estimate of drug-likeness (QED) is 0.490. The van der Waals surface area contributed by atoms with Crippen LogP contribution in [0, 0.1) is 13.8 Å². The molecule has 9 nitrogen and oxygen atoms in total. The monoisotopic (exact) mass is 443 g/mol. The summed E-state index contributed by atoms with van der Waals surface area (Å²) >= 11 is 0. The Balaban J connectivity index is 1.60. The number of anilines is 1. The number of aryl methyl sites for hydroxylation is 3. The first-order chi connectivity index (χ1) is 14.7. The zero-order valence-corrected chi connectivity index (χ0v) is 18.5. The Morgan fingerprint density at radius 3 is 2.65 bits per heavy atom. The molecule has 0 unspecified atom stereocenters. The van der Waals surface area contributed by atoms with Crippen molar-refractivity contribution in [3.8, 4) is 5.88 Å². The van der Waals surface area contributed by atoms with Crippen molar-refractivity contribution in [1.29, 1.82) is 0 Å². The van der Waals surface area contributed by atoms with Gasteiger partial charge in [-0.25, -0.2) is 22.8 Å². The molecule has 164 valence electrons. The number of carbonyl (C=O) groups excluding carboxylic acids is 1. The molecule has 0 aliphatic heterocycles. The SMILES string of the molecule is C=CCNS(=O)(=O)Cc1ccc(NC(=O)COc2nn(C)c3nc(C)cc(C)c23)cc1. The van der Waals surface area contributed by atoms with E-state index in [0.717, 1.165) is 16.6 Å². The highest BCUT2D eigenvalue weighted by Gasteiger charge is 2.16. The lowest BCUT2D eigenvalue weighted by molar-refractivity contribution is -0.118. The van der Waals surface area contributed by atoms with E-state index >= 15 is 0 Å². The maximum absolute atomic E-state index is 12.3. The molecule has 1 aromatic carbocycles. The largest absolute Gasteiger partial charge is 0.466 e. The Hall–Kier alpha value is -3.24. The zero-order valence-electron chi connectivity index (χ0n) is 17.7. The lowest BCUT2D eigenvalue weighted by Crippen LogP contribution is -2.25. The predicted octanol–water partition coefficient (Wildman–Crippen LogP) is 2.21. The van der Waals surface area contributed by atoms with Crippen molar-refractivity contribution >= 4 is 32.7 Å². The summed E-state index contributed by atoms with van der Waals surface area (Å²) < 4.78 is 33.5. The predicted molar refractivity (Wildman–Crippen MR) is 119 cm³/mol. The van der Waals surface area contributed by atoms with Gasteiger partial charge in [-0.2, -0.15) is 0 Å². The van der Waals surface area contributed by atoms with Crippen LogP contribution < -0.4 is 14.8 Å². The third kappa shape index (κ3) is 5.68. The summed E-state index contributed by atoms with van der Waals surface area (Å²) in [5, 5.41) is 7.82. The van der Waals surface area contributed by atoms with E-state index in [0.29, 0.717) is 22.8 Å². The van der Waals surface area contributed by atoms with E-state index in [2.05, 4.69) is 26.7 Å². The molecule has 2 N–H and O–H groups in total. The van der Waals surface area contributed by atoms with Crippen LogP contribution >= 0.6 is 0 Å². The minimum atomic E-state index is -3.44. The van der Waals surface area contributed by atoms with E-state index in [9.17, 15) is 13.2 Å². The third-order valence-electron chi connectivity index (χ3n) is 4.47. The van der Waals surface area contributed by atoms with Gasteiger partial charge in [0, 0.05) is 25.0 Å². The second-order valence-electron chi connectivity index (χ2n) is 7.14. The topological polar surface area (TPSA) is 115 Å². The minimum absolute atomic E-state index is 0.155. The van der Waals surface area contributed by atoms with Crippen LogP contribution in [0.5, 0.6) is 5.88 Å². The van der Waals surface area contributed by atoms with Gasteiger partial charge < -0.3 is 10.1 Å². The fourth-order valence-corrected chi connectivity index (χ4v) is 4.23. The number of benzene rings is 1. The van der Waals surface area contributed by atoms with Gasteiger partial charge in [0.05, 0.1) is 11.1 Å². The van der Waals surface area contributed by atoms with Crippen LogP contribution in [0.1, 0.15) is 16.8 Å². The highest BCUT2D eigenvalue weighted by atomic mass is 32.2. The van der Waals surface area contributed by atoms with Gasteiger partial charge in [-0.15, -0.1) is 11.7 Å². The number of ether oxygens (including phenoxy) is 1. The number of pyridine rings is 1. The minimum Gasteiger partial charge on any atom is -0.466 e. The van der Waals surface area contributed by atoms with Gasteiger partial charge in [-0.3, -0.25) is 4.79 Å². The molecule has 0 saturated carbocycles. The molecule has 0 atom stereocenters. The number of hydrogen-bond acceptors (Lipinski definition) is 6. The highest BCUT2D eigenvalue weighted by Crippen LogP contribution is 2.27. The van der Waals surface area contributed by atoms with Gasteiger partial charge >= 0.3 is 0 Å². The summed E-state index contributed by atoms with van der Waals surface area (Å²) in [5.41, 5.74) is 3.68. The molecular formula is C21H25N5O4S. The fraction of sp³-hybridized carbons (Fsp3) is 0.286. The highest BCUT2D eigenvalue weighted by molar-refractivity contribution is 7.88. The van der Waals surface area contributed by atoms with Crippen LogP contribution in [0.3, 0.4) is 0 Å². The molecule has 31 heavy (non-hydrogen) atoms. The molecule has 0 fully saturated rings. The average molecular weight is 444 g/mol. The third-order valence-corrected chi connectivity index (χ3v) is 5.79. The molecule has 0 radical (unpaired) electrons. The van der Waals surface area contributed by atoms with E-state index in [1.165, 1.54) is 6.08 Å². The average Bonchev–Trinajstić information content (AvgIpc) is 3.02. The van der Waals surface area contributed by atoms with Crippen LogP contribution in [0.15, 0.2) is 43.0 Å². The van der Waals surface area contributed by atoms with Gasteiger partial charge in [-0.1, -0.05) is 18.2 Å². The van der Waals surface area contributed by atoms with E-state index < -0.39 is 10.0 Å². The molecule has 0 aliphatic carbocycles. The molecule has 0 saturated heterocycles. The van der Waals surface area contributed by atoms with Crippen molar-refractivity contribution < 1.29 is 17.9 Å². The Labute approximate surface area is 181 Å². The van der Waals surface area contributed by atoms with E-state index in [-0.39, 0.29) is 24.8 Å². The van der Waals surface area contributed by atoms with Crippen LogP contribution in [0.25, 0.3) is 11.0 Å². The summed E-state index contributed by atoms with van der Waals surface area (Å²) in [5.74, 6) is -0.160. The van der Waals surface area contributed by atoms with Crippen LogP contribution in [0.4, 0.5) is 5.69 Å². The smallest absolute Gasteiger partial charge is 0.262 e. The molecule has 1 amide bonds. The zero-order chi connectivity index (χ0) is 22.6. The van der Waals surface area contributed by atoms with Gasteiger partial charge in [0.25, 0.3) is 5.91 Å². The number of fused-ring (bicyclic) bond motifs is 1. The Morgan fingerprint density at radius 2 is 1.97 bits per heavy atom. The van der Waals surface area contributed by atoms with Crippen molar-refractivity contribution in [2.24, 2.45) is 7.05 Å². The summed E-state index contributed by atoms with van der Waals surface area (Å²) in [6, 6.07) is 8.51. The molecule has 0 bridgehead atoms. The fourth-order valence-electron chi connectivity index (χ4n) is 3.12. The lowest BCUT2D eigenvalue weighted by atomic mass is 10.2. The summed E-state index contributed by atoms with van der Waals surface area (Å²) in [4.78, 5) is 16.8. The second-order valence-corrected chi connectivity index (χ2v) is 8.94. The van der Waals surface area contributed by atoms with Crippen LogP contribution in [-0.4, -0.2) is 42.2 Å². The first-order valence-electron chi connectivity index (χ1n) is 9.59. The van der Waals surface area contributed by atoms with Crippen molar-refractivity contribution in [2.45, 2.75) is 19.6 Å². The second kappa shape index (κ2) is 9.27. The number of hydrogen-bond donors (Lipinski definition) is 2. The lowest BCUT2D eigenvalue weighted by Gasteiger charge is -2.08. The molecular weight excluding hydrogens is 418 g/mol. The van der Waals surface area contributed by atoms with E-state index in [1.54, 1.807) is 36.0 Å². The van der Waals surface area contributed by atoms with Crippen LogP contribution in [-0.2, 0) is 27.6 Å². The summed E-state index contributed by atoms with van der Waals surface area (Å²) in [7, 11) is -1.66.